The van der Waals surface area contributed by atoms with Crippen LogP contribution in [0.3, 0.4) is 0 Å². The van der Waals surface area contributed by atoms with Crippen molar-refractivity contribution in [2.75, 3.05) is 13.1 Å². The third kappa shape index (κ3) is 4.26. The number of nitrogens with two attached hydrogens (primary N) is 1. The number of amidine groups is 1. The molecule has 0 radical (unpaired) electrons. The van der Waals surface area contributed by atoms with Crippen molar-refractivity contribution in [3.05, 3.63) is 12.4 Å². The third-order valence-corrected chi connectivity index (χ3v) is 2.28. The van der Waals surface area contributed by atoms with Gasteiger partial charge in [0.25, 0.3) is 0 Å². The van der Waals surface area contributed by atoms with E-state index >= 15 is 0 Å². The van der Waals surface area contributed by atoms with Gasteiger partial charge in [-0.1, -0.05) is 17.3 Å². The van der Waals surface area contributed by atoms with Gasteiger partial charge in [-0.25, -0.2) is 0 Å². The summed E-state index contributed by atoms with van der Waals surface area (Å²) in [5, 5.41) is 22.2. The Morgan fingerprint density at radius 1 is 1.69 bits per heavy atom. The van der Waals surface area contributed by atoms with Crippen LogP contribution < -0.4 is 11.1 Å². The Morgan fingerprint density at radius 2 is 2.50 bits per heavy atom. The van der Waals surface area contributed by atoms with Gasteiger partial charge in [-0.15, -0.1) is 5.10 Å². The first-order valence-electron chi connectivity index (χ1n) is 5.26. The van der Waals surface area contributed by atoms with Gasteiger partial charge in [0.2, 0.25) is 0 Å². The molecule has 4 N–H and O–H groups in total. The van der Waals surface area contributed by atoms with E-state index in [0.717, 1.165) is 19.5 Å². The van der Waals surface area contributed by atoms with Crippen molar-refractivity contribution in [2.24, 2.45) is 16.8 Å². The van der Waals surface area contributed by atoms with Crippen LogP contribution in [0.15, 0.2) is 17.5 Å². The van der Waals surface area contributed by atoms with Gasteiger partial charge in [0.05, 0.1) is 6.20 Å². The van der Waals surface area contributed by atoms with Gasteiger partial charge in [0.15, 0.2) is 0 Å². The van der Waals surface area contributed by atoms with Crippen LogP contribution in [0.4, 0.5) is 0 Å². The highest BCUT2D eigenvalue weighted by molar-refractivity contribution is 5.82. The Kier molecular flexibility index (Phi) is 5.27. The molecule has 0 spiro atoms. The van der Waals surface area contributed by atoms with Gasteiger partial charge in [-0.2, -0.15) is 0 Å². The smallest absolute Gasteiger partial charge is 0.143 e. The van der Waals surface area contributed by atoms with Crippen molar-refractivity contribution in [1.29, 1.82) is 0 Å². The first-order chi connectivity index (χ1) is 7.74. The molecule has 1 unspecified atom stereocenters. The van der Waals surface area contributed by atoms with E-state index < -0.39 is 0 Å². The number of aromatic nitrogens is 3. The lowest BCUT2D eigenvalue weighted by Gasteiger charge is -2.10. The fourth-order valence-corrected chi connectivity index (χ4v) is 1.24. The van der Waals surface area contributed by atoms with E-state index in [-0.39, 0.29) is 11.8 Å². The van der Waals surface area contributed by atoms with Crippen LogP contribution in [0.1, 0.15) is 13.3 Å². The maximum Gasteiger partial charge on any atom is 0.143 e. The Bertz CT molecular complexity index is 310. The summed E-state index contributed by atoms with van der Waals surface area (Å²) in [6.07, 6.45) is 4.46. The topological polar surface area (TPSA) is 101 Å². The summed E-state index contributed by atoms with van der Waals surface area (Å²) in [4.78, 5) is 0. The summed E-state index contributed by atoms with van der Waals surface area (Å²) >= 11 is 0. The van der Waals surface area contributed by atoms with Crippen LogP contribution in [-0.2, 0) is 6.54 Å². The fourth-order valence-electron chi connectivity index (χ4n) is 1.24. The van der Waals surface area contributed by atoms with Gasteiger partial charge in [-0.3, -0.25) is 4.68 Å². The minimum absolute atomic E-state index is 0.0383. The van der Waals surface area contributed by atoms with Crippen molar-refractivity contribution >= 4 is 5.84 Å². The highest BCUT2D eigenvalue weighted by Crippen LogP contribution is 1.92. The summed E-state index contributed by atoms with van der Waals surface area (Å²) in [5.74, 6) is 0.292. The van der Waals surface area contributed by atoms with Gasteiger partial charge in [0.1, 0.15) is 5.84 Å². The Hall–Kier alpha value is -1.63. The van der Waals surface area contributed by atoms with Crippen LogP contribution >= 0.6 is 0 Å². The summed E-state index contributed by atoms with van der Waals surface area (Å²) in [6, 6.07) is 0. The van der Waals surface area contributed by atoms with Gasteiger partial charge in [0, 0.05) is 25.2 Å². The van der Waals surface area contributed by atoms with Crippen LogP contribution in [0.2, 0.25) is 0 Å². The molecule has 0 aliphatic carbocycles. The number of rotatable bonds is 7. The van der Waals surface area contributed by atoms with Gasteiger partial charge >= 0.3 is 0 Å². The van der Waals surface area contributed by atoms with E-state index in [9.17, 15) is 0 Å². The number of hydrogen-bond acceptors (Lipinski definition) is 5. The zero-order valence-corrected chi connectivity index (χ0v) is 9.37. The highest BCUT2D eigenvalue weighted by atomic mass is 16.4. The monoisotopic (exact) mass is 226 g/mol. The molecule has 0 aliphatic rings. The summed E-state index contributed by atoms with van der Waals surface area (Å²) in [5.41, 5.74) is 5.45. The molecule has 7 nitrogen and oxygen atoms in total. The molecule has 1 atom stereocenters. The van der Waals surface area contributed by atoms with Crippen molar-refractivity contribution < 1.29 is 5.21 Å². The molecule has 1 heterocycles. The predicted octanol–water partition coefficient (Wildman–Crippen LogP) is -0.360. The number of aryl methyl sites for hydroxylation is 1. The minimum atomic E-state index is 0.0383. The Morgan fingerprint density at radius 3 is 3.12 bits per heavy atom. The largest absolute Gasteiger partial charge is 0.409 e. The third-order valence-electron chi connectivity index (χ3n) is 2.28. The second kappa shape index (κ2) is 6.78. The van der Waals surface area contributed by atoms with Gasteiger partial charge < -0.3 is 16.3 Å². The highest BCUT2D eigenvalue weighted by Gasteiger charge is 2.05. The van der Waals surface area contributed by atoms with Crippen LogP contribution in [0.25, 0.3) is 0 Å². The number of hydrogen-bond donors (Lipinski definition) is 3. The average Bonchev–Trinajstić information content (AvgIpc) is 2.80. The van der Waals surface area contributed by atoms with Crippen LogP contribution in [0.5, 0.6) is 0 Å². The van der Waals surface area contributed by atoms with E-state index in [1.54, 1.807) is 10.9 Å². The van der Waals surface area contributed by atoms with E-state index in [0.29, 0.717) is 6.54 Å². The maximum atomic E-state index is 8.45. The number of nitrogens with zero attached hydrogens (tertiary/aromatic N) is 4. The molecule has 0 fully saturated rings. The predicted molar refractivity (Wildman–Crippen MR) is 60.1 cm³/mol. The van der Waals surface area contributed by atoms with E-state index in [1.165, 1.54) is 0 Å². The van der Waals surface area contributed by atoms with Gasteiger partial charge in [-0.05, 0) is 13.0 Å². The molecule has 16 heavy (non-hydrogen) atoms. The molecule has 0 amide bonds. The molecule has 90 valence electrons. The Labute approximate surface area is 94.3 Å². The molecule has 0 aromatic carbocycles. The second-order valence-corrected chi connectivity index (χ2v) is 3.65. The summed E-state index contributed by atoms with van der Waals surface area (Å²) in [7, 11) is 0. The molecule has 0 aliphatic heterocycles. The minimum Gasteiger partial charge on any atom is -0.409 e. The molecule has 0 saturated carbocycles. The SMILES string of the molecule is CC(CNCCCn1ccnn1)/C(N)=N/O. The van der Waals surface area contributed by atoms with E-state index in [2.05, 4.69) is 20.8 Å². The first-order valence-corrected chi connectivity index (χ1v) is 5.26. The normalized spacial score (nSPS) is 13.9. The standard InChI is InChI=1S/C9H18N6O/c1-8(9(10)13-16)7-11-3-2-5-15-6-4-12-14-15/h4,6,8,11,16H,2-3,5,7H2,1H3,(H2,10,13). The second-order valence-electron chi connectivity index (χ2n) is 3.65. The lowest BCUT2D eigenvalue weighted by atomic mass is 10.1. The molecule has 0 bridgehead atoms. The first kappa shape index (κ1) is 12.4. The number of oxime groups is 1. The molecular weight excluding hydrogens is 208 g/mol. The van der Waals surface area contributed by atoms with Crippen molar-refractivity contribution in [1.82, 2.24) is 20.3 Å². The van der Waals surface area contributed by atoms with Crippen molar-refractivity contribution in [3.63, 3.8) is 0 Å². The quantitative estimate of drug-likeness (QED) is 0.194. The van der Waals surface area contributed by atoms with E-state index in [1.807, 2.05) is 13.1 Å². The van der Waals surface area contributed by atoms with Crippen molar-refractivity contribution in [2.45, 2.75) is 19.9 Å². The zero-order valence-electron chi connectivity index (χ0n) is 9.37. The molecule has 1 aromatic rings. The lowest BCUT2D eigenvalue weighted by Crippen LogP contribution is -2.32. The molecular formula is C9H18N6O. The summed E-state index contributed by atoms with van der Waals surface area (Å²) in [6.45, 7) is 4.31. The average molecular weight is 226 g/mol. The molecule has 1 aromatic heterocycles. The fraction of sp³-hybridized carbons (Fsp3) is 0.667. The molecule has 0 saturated heterocycles. The molecule has 7 heteroatoms. The number of nitrogens with one attached hydrogen (secondary N) is 1. The van der Waals surface area contributed by atoms with E-state index in [4.69, 9.17) is 10.9 Å². The summed E-state index contributed by atoms with van der Waals surface area (Å²) < 4.78 is 1.79. The molecule has 1 rings (SSSR count). The Balaban J connectivity index is 2.04. The van der Waals surface area contributed by atoms with Crippen molar-refractivity contribution in [3.8, 4) is 0 Å². The maximum absolute atomic E-state index is 8.45. The van der Waals surface area contributed by atoms with Crippen LogP contribution in [-0.4, -0.2) is 39.1 Å². The zero-order chi connectivity index (χ0) is 11.8. The lowest BCUT2D eigenvalue weighted by molar-refractivity contribution is 0.314. The van der Waals surface area contributed by atoms with Crippen LogP contribution in [0, 0.1) is 5.92 Å².